The number of nitrogens with zero attached hydrogens (tertiary/aromatic N) is 2. The molecule has 2 aliphatic carbocycles. The van der Waals surface area contributed by atoms with Crippen molar-refractivity contribution in [3.63, 3.8) is 0 Å². The number of Topliss-reactive ketones (excluding diaryl/α,β-unsaturated/α-hetero) is 1. The van der Waals surface area contributed by atoms with Gasteiger partial charge in [0.25, 0.3) is 0 Å². The second kappa shape index (κ2) is 5.56. The molecule has 0 spiro atoms. The van der Waals surface area contributed by atoms with Crippen molar-refractivity contribution in [1.82, 2.24) is 0 Å². The molecule has 3 rings (SSSR count). The van der Waals surface area contributed by atoms with Crippen molar-refractivity contribution in [3.8, 4) is 0 Å². The van der Waals surface area contributed by atoms with Gasteiger partial charge in [0.1, 0.15) is 0 Å². The van der Waals surface area contributed by atoms with Gasteiger partial charge >= 0.3 is 0 Å². The summed E-state index contributed by atoms with van der Waals surface area (Å²) in [6.07, 6.45) is 4.21. The topological polar surface area (TPSA) is 91.7 Å². The van der Waals surface area contributed by atoms with Gasteiger partial charge in [-0.25, -0.2) is 5.53 Å². The molecule has 2 atom stereocenters. The van der Waals surface area contributed by atoms with Crippen LogP contribution in [0.1, 0.15) is 35.2 Å². The summed E-state index contributed by atoms with van der Waals surface area (Å²) in [5, 5.41) is 7.38. The van der Waals surface area contributed by atoms with E-state index in [1.165, 1.54) is 12.8 Å². The molecule has 0 unspecified atom stereocenters. The van der Waals surface area contributed by atoms with Gasteiger partial charge in [0.15, 0.2) is 11.6 Å². The largest absolute Gasteiger partial charge is 0.321 e. The minimum atomic E-state index is -0.174. The minimum absolute atomic E-state index is 0.0321. The SMILES string of the molecule is N=NC(=NN)[C@H]1C[C@@H]1C(=O)c1ccc(CC2CC2)c(Cl)c1. The van der Waals surface area contributed by atoms with Crippen LogP contribution < -0.4 is 5.84 Å². The van der Waals surface area contributed by atoms with E-state index < -0.39 is 0 Å². The van der Waals surface area contributed by atoms with E-state index in [1.807, 2.05) is 12.1 Å². The van der Waals surface area contributed by atoms with Gasteiger partial charge in [0.05, 0.1) is 0 Å². The molecule has 0 radical (unpaired) electrons. The number of halogens is 1. The zero-order valence-electron chi connectivity index (χ0n) is 11.6. The van der Waals surface area contributed by atoms with Crippen LogP contribution in [0.4, 0.5) is 0 Å². The third kappa shape index (κ3) is 2.97. The van der Waals surface area contributed by atoms with E-state index in [0.717, 1.165) is 17.9 Å². The smallest absolute Gasteiger partial charge is 0.173 e. The minimum Gasteiger partial charge on any atom is -0.321 e. The molecule has 1 aromatic carbocycles. The predicted molar refractivity (Wildman–Crippen MR) is 80.6 cm³/mol. The highest BCUT2D eigenvalue weighted by molar-refractivity contribution is 6.31. The summed E-state index contributed by atoms with van der Waals surface area (Å²) in [6, 6.07) is 5.56. The van der Waals surface area contributed by atoms with Crippen molar-refractivity contribution in [3.05, 3.63) is 34.3 Å². The third-order valence-electron chi connectivity index (χ3n) is 4.25. The molecule has 0 aromatic heterocycles. The Kier molecular flexibility index (Phi) is 3.76. The standard InChI is InChI=1S/C15H17ClN4O/c16-13-6-10(4-3-9(13)5-8-1-2-8)14(21)11-7-12(11)15(19-17)20-18/h3-4,6,8,11-12,17H,1-2,5,7,18H2/t11-,12-/m0/s1. The first-order chi connectivity index (χ1) is 10.1. The molecule has 0 aliphatic heterocycles. The number of nitrogens with one attached hydrogen (secondary N) is 1. The Bertz CT molecular complexity index is 624. The molecular weight excluding hydrogens is 288 g/mol. The zero-order valence-corrected chi connectivity index (χ0v) is 12.3. The summed E-state index contributed by atoms with van der Waals surface area (Å²) < 4.78 is 0. The van der Waals surface area contributed by atoms with Gasteiger partial charge in [-0.1, -0.05) is 23.7 Å². The van der Waals surface area contributed by atoms with E-state index in [0.29, 0.717) is 17.0 Å². The summed E-state index contributed by atoms with van der Waals surface area (Å²) in [4.78, 5) is 12.4. The fourth-order valence-electron chi connectivity index (χ4n) is 2.69. The summed E-state index contributed by atoms with van der Waals surface area (Å²) in [5.74, 6) is 5.90. The normalized spacial score (nSPS) is 24.7. The van der Waals surface area contributed by atoms with Crippen molar-refractivity contribution in [1.29, 1.82) is 5.53 Å². The number of nitrogens with two attached hydrogens (primary N) is 1. The van der Waals surface area contributed by atoms with Crippen molar-refractivity contribution in [2.75, 3.05) is 0 Å². The molecule has 0 saturated heterocycles. The lowest BCUT2D eigenvalue weighted by atomic mass is 10.0. The quantitative estimate of drug-likeness (QED) is 0.218. The maximum absolute atomic E-state index is 12.4. The number of hydrazone groups is 1. The first-order valence-electron chi connectivity index (χ1n) is 7.12. The van der Waals surface area contributed by atoms with Gasteiger partial charge in [0, 0.05) is 22.4 Å². The highest BCUT2D eigenvalue weighted by Crippen LogP contribution is 2.43. The fourth-order valence-corrected chi connectivity index (χ4v) is 2.95. The fraction of sp³-hybridized carbons (Fsp3) is 0.467. The van der Waals surface area contributed by atoms with E-state index in [4.69, 9.17) is 23.0 Å². The monoisotopic (exact) mass is 304 g/mol. The number of rotatable bonds is 5. The number of hydrogen-bond donors (Lipinski definition) is 2. The van der Waals surface area contributed by atoms with E-state index in [2.05, 4.69) is 10.2 Å². The lowest BCUT2D eigenvalue weighted by molar-refractivity contribution is 0.0964. The Morgan fingerprint density at radius 3 is 2.71 bits per heavy atom. The highest BCUT2D eigenvalue weighted by Gasteiger charge is 2.47. The second-order valence-electron chi connectivity index (χ2n) is 5.87. The molecule has 110 valence electrons. The lowest BCUT2D eigenvalue weighted by Gasteiger charge is -2.06. The Morgan fingerprint density at radius 1 is 1.38 bits per heavy atom. The van der Waals surface area contributed by atoms with Crippen LogP contribution in [0.25, 0.3) is 0 Å². The number of ketones is 1. The Morgan fingerprint density at radius 2 is 2.14 bits per heavy atom. The molecule has 0 heterocycles. The first kappa shape index (κ1) is 14.2. The number of carbonyl (C=O) groups excluding carboxylic acids is 1. The van der Waals surface area contributed by atoms with Crippen molar-refractivity contribution >= 4 is 23.2 Å². The van der Waals surface area contributed by atoms with Crippen molar-refractivity contribution < 1.29 is 4.79 Å². The Hall–Kier alpha value is -1.75. The molecular formula is C15H17ClN4O. The molecule has 2 saturated carbocycles. The zero-order chi connectivity index (χ0) is 15.0. The number of benzene rings is 1. The number of carbonyl (C=O) groups is 1. The van der Waals surface area contributed by atoms with E-state index in [9.17, 15) is 4.79 Å². The van der Waals surface area contributed by atoms with Gasteiger partial charge in [-0.2, -0.15) is 5.10 Å². The molecule has 3 N–H and O–H groups in total. The summed E-state index contributed by atoms with van der Waals surface area (Å²) in [6.45, 7) is 0. The van der Waals surface area contributed by atoms with Crippen molar-refractivity contribution in [2.45, 2.75) is 25.7 Å². The van der Waals surface area contributed by atoms with Gasteiger partial charge in [-0.05, 0) is 43.2 Å². The predicted octanol–water partition coefficient (Wildman–Crippen LogP) is 3.41. The third-order valence-corrected chi connectivity index (χ3v) is 4.60. The maximum Gasteiger partial charge on any atom is 0.173 e. The first-order valence-corrected chi connectivity index (χ1v) is 7.49. The van der Waals surface area contributed by atoms with Crippen LogP contribution in [0.3, 0.4) is 0 Å². The molecule has 2 aliphatic rings. The average molecular weight is 305 g/mol. The molecule has 21 heavy (non-hydrogen) atoms. The van der Waals surface area contributed by atoms with E-state index in [-0.39, 0.29) is 23.5 Å². The van der Waals surface area contributed by atoms with Crippen LogP contribution in [0.2, 0.25) is 5.02 Å². The van der Waals surface area contributed by atoms with Gasteiger partial charge in [-0.15, -0.1) is 5.11 Å². The maximum atomic E-state index is 12.4. The molecule has 0 bridgehead atoms. The van der Waals surface area contributed by atoms with E-state index in [1.54, 1.807) is 6.07 Å². The number of amidine groups is 1. The molecule has 1 aromatic rings. The van der Waals surface area contributed by atoms with Gasteiger partial charge < -0.3 is 5.84 Å². The molecule has 6 heteroatoms. The summed E-state index contributed by atoms with van der Waals surface area (Å²) in [5.41, 5.74) is 8.72. The van der Waals surface area contributed by atoms with Crippen LogP contribution in [-0.2, 0) is 6.42 Å². The summed E-state index contributed by atoms with van der Waals surface area (Å²) >= 11 is 6.28. The van der Waals surface area contributed by atoms with Gasteiger partial charge in [-0.3, -0.25) is 4.79 Å². The van der Waals surface area contributed by atoms with Crippen LogP contribution in [0.15, 0.2) is 28.4 Å². The van der Waals surface area contributed by atoms with Gasteiger partial charge in [0.2, 0.25) is 0 Å². The van der Waals surface area contributed by atoms with Crippen LogP contribution in [0.5, 0.6) is 0 Å². The highest BCUT2D eigenvalue weighted by atomic mass is 35.5. The Balaban J connectivity index is 1.71. The average Bonchev–Trinajstić information content (AvgIpc) is 3.36. The lowest BCUT2D eigenvalue weighted by Crippen LogP contribution is -2.09. The molecule has 5 nitrogen and oxygen atoms in total. The summed E-state index contributed by atoms with van der Waals surface area (Å²) in [7, 11) is 0. The number of hydrogen-bond acceptors (Lipinski definition) is 4. The molecule has 0 amide bonds. The van der Waals surface area contributed by atoms with Crippen LogP contribution in [0, 0.1) is 23.3 Å². The van der Waals surface area contributed by atoms with E-state index >= 15 is 0 Å². The van der Waals surface area contributed by atoms with Crippen LogP contribution >= 0.6 is 11.6 Å². The van der Waals surface area contributed by atoms with Crippen LogP contribution in [-0.4, -0.2) is 11.6 Å². The second-order valence-corrected chi connectivity index (χ2v) is 6.27. The molecule has 2 fully saturated rings. The Labute approximate surface area is 128 Å². The van der Waals surface area contributed by atoms with Crippen molar-refractivity contribution in [2.24, 2.45) is 33.8 Å².